The number of anilines is 3. The van der Waals surface area contributed by atoms with Gasteiger partial charge in [0.15, 0.2) is 5.76 Å². The van der Waals surface area contributed by atoms with Crippen molar-refractivity contribution in [3.05, 3.63) is 160 Å². The van der Waals surface area contributed by atoms with E-state index in [0.29, 0.717) is 17.8 Å². The Hall–Kier alpha value is -5.50. The summed E-state index contributed by atoms with van der Waals surface area (Å²) in [5.74, 6) is 0.860. The van der Waals surface area contributed by atoms with Crippen LogP contribution in [0.2, 0.25) is 0 Å². The largest absolute Gasteiger partial charge is 0.512 e. The fourth-order valence-electron chi connectivity index (χ4n) is 5.30. The normalized spacial score (nSPS) is 12.4. The van der Waals surface area contributed by atoms with Gasteiger partial charge in [0.1, 0.15) is 37.1 Å². The monoisotopic (exact) mass is 657 g/mol. The van der Waals surface area contributed by atoms with Crippen molar-refractivity contribution < 1.29 is 29.9 Å². The molecule has 5 aromatic rings. The molecule has 0 fully saturated rings. The van der Waals surface area contributed by atoms with Crippen LogP contribution in [0, 0.1) is 27.7 Å². The molecule has 252 valence electrons. The van der Waals surface area contributed by atoms with Crippen LogP contribution in [0.15, 0.2) is 121 Å². The number of hydrogen-bond donors (Lipinski definition) is 4. The Balaban J connectivity index is 1.51. The highest BCUT2D eigenvalue weighted by molar-refractivity contribution is 5.92. The summed E-state index contributed by atoms with van der Waals surface area (Å²) in [6.07, 6.45) is 1.79. The fourth-order valence-corrected chi connectivity index (χ4v) is 5.30. The molecular weight excluding hydrogens is 614 g/mol. The van der Waals surface area contributed by atoms with Crippen molar-refractivity contribution in [2.24, 2.45) is 0 Å². The highest BCUT2D eigenvalue weighted by Crippen LogP contribution is 2.37. The number of ether oxygens (including phenoxy) is 2. The van der Waals surface area contributed by atoms with Gasteiger partial charge >= 0.3 is 0 Å². The third-order valence-corrected chi connectivity index (χ3v) is 8.48. The van der Waals surface area contributed by atoms with E-state index in [4.69, 9.17) is 19.7 Å². The van der Waals surface area contributed by atoms with Gasteiger partial charge in [-0.1, -0.05) is 48.5 Å². The molecule has 1 unspecified atom stereocenters. The van der Waals surface area contributed by atoms with Crippen LogP contribution in [0.5, 0.6) is 11.5 Å². The molecule has 0 radical (unpaired) electrons. The number of aliphatic hydroxyl groups is 4. The molecule has 0 aliphatic carbocycles. The molecule has 0 spiro atoms. The van der Waals surface area contributed by atoms with Gasteiger partial charge in [-0.2, -0.15) is 0 Å². The standard InChI is InChI=1S/C42H43NO6/c1-28-5-13-36(21-30(28)3)43(37-14-6-29(2)31(4)22-37)35-15-7-32(8-16-35)23-42(33-9-17-40(18-10-33)48-26-38(46)24-44)34-11-19-41(20-12-34)49-27-39(47)25-45/h5-24,39,44-47H,25-27H2,1-4H3/b38-24+,42-23?. The van der Waals surface area contributed by atoms with Crippen LogP contribution in [0.3, 0.4) is 0 Å². The molecule has 0 aromatic heterocycles. The second kappa shape index (κ2) is 16.1. The quantitative estimate of drug-likeness (QED) is 0.0740. The van der Waals surface area contributed by atoms with Crippen molar-refractivity contribution in [3.8, 4) is 11.5 Å². The van der Waals surface area contributed by atoms with Crippen LogP contribution < -0.4 is 14.4 Å². The van der Waals surface area contributed by atoms with Gasteiger partial charge < -0.3 is 34.8 Å². The van der Waals surface area contributed by atoms with Crippen molar-refractivity contribution in [2.45, 2.75) is 33.8 Å². The first-order valence-corrected chi connectivity index (χ1v) is 16.2. The van der Waals surface area contributed by atoms with Crippen molar-refractivity contribution in [2.75, 3.05) is 24.7 Å². The number of aliphatic hydroxyl groups excluding tert-OH is 4. The average molecular weight is 658 g/mol. The van der Waals surface area contributed by atoms with Gasteiger partial charge in [0.05, 0.1) is 6.61 Å². The van der Waals surface area contributed by atoms with Gasteiger partial charge in [0, 0.05) is 17.1 Å². The van der Waals surface area contributed by atoms with Crippen molar-refractivity contribution in [3.63, 3.8) is 0 Å². The Kier molecular flexibility index (Phi) is 11.4. The minimum absolute atomic E-state index is 0.00525. The molecule has 0 saturated heterocycles. The lowest BCUT2D eigenvalue weighted by atomic mass is 9.95. The van der Waals surface area contributed by atoms with Crippen LogP contribution in [0.4, 0.5) is 17.1 Å². The first kappa shape index (κ1) is 34.8. The predicted octanol–water partition coefficient (Wildman–Crippen LogP) is 9.05. The van der Waals surface area contributed by atoms with Crippen molar-refractivity contribution >= 4 is 28.7 Å². The van der Waals surface area contributed by atoms with Crippen LogP contribution >= 0.6 is 0 Å². The number of aryl methyl sites for hydroxylation is 4. The van der Waals surface area contributed by atoms with E-state index in [1.165, 1.54) is 22.3 Å². The van der Waals surface area contributed by atoms with E-state index in [-0.39, 0.29) is 25.6 Å². The molecule has 49 heavy (non-hydrogen) atoms. The highest BCUT2D eigenvalue weighted by atomic mass is 16.5. The molecule has 0 saturated carbocycles. The number of hydrogen-bond acceptors (Lipinski definition) is 7. The molecule has 0 aliphatic rings. The molecule has 7 nitrogen and oxygen atoms in total. The lowest BCUT2D eigenvalue weighted by molar-refractivity contribution is 0.0536. The predicted molar refractivity (Wildman–Crippen MR) is 197 cm³/mol. The Morgan fingerprint density at radius 2 is 1.14 bits per heavy atom. The Labute approximate surface area is 288 Å². The number of benzene rings is 5. The van der Waals surface area contributed by atoms with Crippen LogP contribution in [-0.4, -0.2) is 46.4 Å². The second-order valence-corrected chi connectivity index (χ2v) is 12.1. The summed E-state index contributed by atoms with van der Waals surface area (Å²) in [5, 5.41) is 37.3. The SMILES string of the molecule is Cc1ccc(N(c2ccc(C=C(c3ccc(OC/C(O)=C\O)cc3)c3ccc(OCC(O)CO)cc3)cc2)c2ccc(C)c(C)c2)cc1C. The minimum atomic E-state index is -0.949. The molecule has 0 amide bonds. The zero-order chi connectivity index (χ0) is 34.9. The van der Waals surface area contributed by atoms with Gasteiger partial charge in [0.2, 0.25) is 0 Å². The maximum atomic E-state index is 9.68. The van der Waals surface area contributed by atoms with E-state index >= 15 is 0 Å². The molecule has 5 rings (SSSR count). The summed E-state index contributed by atoms with van der Waals surface area (Å²) in [7, 11) is 0. The Morgan fingerprint density at radius 1 is 0.653 bits per heavy atom. The van der Waals surface area contributed by atoms with Gasteiger partial charge in [-0.3, -0.25) is 0 Å². The van der Waals surface area contributed by atoms with E-state index in [2.05, 4.69) is 99.3 Å². The molecule has 4 N–H and O–H groups in total. The average Bonchev–Trinajstić information content (AvgIpc) is 3.12. The van der Waals surface area contributed by atoms with E-state index < -0.39 is 6.10 Å². The molecule has 7 heteroatoms. The van der Waals surface area contributed by atoms with Crippen LogP contribution in [-0.2, 0) is 0 Å². The Morgan fingerprint density at radius 3 is 1.61 bits per heavy atom. The smallest absolute Gasteiger partial charge is 0.164 e. The van der Waals surface area contributed by atoms with Crippen molar-refractivity contribution in [1.29, 1.82) is 0 Å². The minimum Gasteiger partial charge on any atom is -0.512 e. The fraction of sp³-hybridized carbons (Fsp3) is 0.190. The summed E-state index contributed by atoms with van der Waals surface area (Å²) < 4.78 is 11.2. The topological polar surface area (TPSA) is 103 Å². The summed E-state index contributed by atoms with van der Waals surface area (Å²) in [4.78, 5) is 2.28. The molecule has 0 aliphatic heterocycles. The molecule has 0 heterocycles. The summed E-state index contributed by atoms with van der Waals surface area (Å²) in [5.41, 5.74) is 12.0. The maximum Gasteiger partial charge on any atom is 0.164 e. The van der Waals surface area contributed by atoms with Gasteiger partial charge in [-0.25, -0.2) is 0 Å². The van der Waals surface area contributed by atoms with E-state index in [0.717, 1.165) is 39.3 Å². The zero-order valence-electron chi connectivity index (χ0n) is 28.3. The highest BCUT2D eigenvalue weighted by Gasteiger charge is 2.15. The van der Waals surface area contributed by atoms with Gasteiger partial charge in [-0.05, 0) is 139 Å². The first-order valence-electron chi connectivity index (χ1n) is 16.2. The zero-order valence-corrected chi connectivity index (χ0v) is 28.3. The summed E-state index contributed by atoms with van der Waals surface area (Å²) in [6.45, 7) is 8.01. The van der Waals surface area contributed by atoms with E-state index in [9.17, 15) is 10.2 Å². The lowest BCUT2D eigenvalue weighted by Crippen LogP contribution is -2.21. The lowest BCUT2D eigenvalue weighted by Gasteiger charge is -2.27. The van der Waals surface area contributed by atoms with Crippen LogP contribution in [0.1, 0.15) is 38.9 Å². The molecule has 5 aromatic carbocycles. The first-order chi connectivity index (χ1) is 23.6. The summed E-state index contributed by atoms with van der Waals surface area (Å²) >= 11 is 0. The molecule has 0 bridgehead atoms. The van der Waals surface area contributed by atoms with Gasteiger partial charge in [-0.15, -0.1) is 0 Å². The van der Waals surface area contributed by atoms with Crippen molar-refractivity contribution in [1.82, 2.24) is 0 Å². The molecular formula is C42H43NO6. The molecule has 1 atom stereocenters. The number of nitrogens with zero attached hydrogens (tertiary/aromatic N) is 1. The Bertz CT molecular complexity index is 1860. The number of rotatable bonds is 13. The van der Waals surface area contributed by atoms with Crippen LogP contribution in [0.25, 0.3) is 11.6 Å². The third-order valence-electron chi connectivity index (χ3n) is 8.48. The third kappa shape index (κ3) is 8.90. The second-order valence-electron chi connectivity index (χ2n) is 12.1. The van der Waals surface area contributed by atoms with E-state index in [1.807, 2.05) is 48.5 Å². The maximum absolute atomic E-state index is 9.68. The summed E-state index contributed by atoms with van der Waals surface area (Å²) in [6, 6.07) is 36.7. The van der Waals surface area contributed by atoms with Gasteiger partial charge in [0.25, 0.3) is 0 Å². The van der Waals surface area contributed by atoms with E-state index in [1.54, 1.807) is 0 Å².